The predicted molar refractivity (Wildman–Crippen MR) is 91.3 cm³/mol. The highest BCUT2D eigenvalue weighted by atomic mass is 32.2. The van der Waals surface area contributed by atoms with Crippen molar-refractivity contribution in [2.75, 3.05) is 13.8 Å². The zero-order valence-electron chi connectivity index (χ0n) is 14.1. The molecule has 1 heterocycles. The number of methoxy groups -OCH3 is 1. The summed E-state index contributed by atoms with van der Waals surface area (Å²) in [5.74, 6) is -2.02. The number of urea groups is 1. The number of nitrogens with zero attached hydrogens (tertiary/aromatic N) is 1. The quantitative estimate of drug-likeness (QED) is 0.573. The Morgan fingerprint density at radius 3 is 2.65 bits per heavy atom. The highest BCUT2D eigenvalue weighted by Gasteiger charge is 2.42. The van der Waals surface area contributed by atoms with Crippen molar-refractivity contribution in [3.8, 4) is 0 Å². The molecule has 26 heavy (non-hydrogen) atoms. The first-order valence-electron chi connectivity index (χ1n) is 7.47. The van der Waals surface area contributed by atoms with E-state index >= 15 is 0 Å². The molecule has 0 aromatic heterocycles. The van der Waals surface area contributed by atoms with E-state index in [-0.39, 0.29) is 10.8 Å². The summed E-state index contributed by atoms with van der Waals surface area (Å²) < 4.78 is 44.3. The summed E-state index contributed by atoms with van der Waals surface area (Å²) >= 11 is 0. The van der Waals surface area contributed by atoms with Crippen molar-refractivity contribution in [3.05, 3.63) is 42.1 Å². The Morgan fingerprint density at radius 1 is 1.42 bits per heavy atom. The summed E-state index contributed by atoms with van der Waals surface area (Å²) in [6.07, 6.45) is -0.342. The molecule has 0 aliphatic carbocycles. The third kappa shape index (κ3) is 4.29. The number of aliphatic imine (C=N–C) groups is 1. The first kappa shape index (κ1) is 19.7. The Hall–Kier alpha value is -2.66. The van der Waals surface area contributed by atoms with Gasteiger partial charge < -0.3 is 15.2 Å². The van der Waals surface area contributed by atoms with Crippen molar-refractivity contribution in [1.82, 2.24) is 15.4 Å². The van der Waals surface area contributed by atoms with Gasteiger partial charge in [0.15, 0.2) is 0 Å². The minimum atomic E-state index is -4.16. The van der Waals surface area contributed by atoms with Gasteiger partial charge in [-0.25, -0.2) is 22.3 Å². The molecule has 1 aliphatic rings. The number of benzene rings is 1. The molecule has 1 aromatic rings. The minimum absolute atomic E-state index is 0.0139. The fraction of sp³-hybridized carbons (Fsp3) is 0.333. The number of alkyl halides is 1. The van der Waals surface area contributed by atoms with Crippen LogP contribution in [0.1, 0.15) is 6.92 Å². The molecule has 142 valence electrons. The van der Waals surface area contributed by atoms with Crippen molar-refractivity contribution in [1.29, 1.82) is 0 Å². The van der Waals surface area contributed by atoms with E-state index in [9.17, 15) is 22.7 Å². The van der Waals surface area contributed by atoms with E-state index < -0.39 is 34.6 Å². The van der Waals surface area contributed by atoms with E-state index in [0.29, 0.717) is 5.70 Å². The minimum Gasteiger partial charge on any atom is -0.481 e. The monoisotopic (exact) mass is 386 g/mol. The van der Waals surface area contributed by atoms with Crippen LogP contribution in [0.3, 0.4) is 0 Å². The van der Waals surface area contributed by atoms with Crippen molar-refractivity contribution in [2.24, 2.45) is 4.99 Å². The van der Waals surface area contributed by atoms with Crippen LogP contribution in [0.15, 0.2) is 52.0 Å². The summed E-state index contributed by atoms with van der Waals surface area (Å²) in [7, 11) is -2.86. The zero-order chi connectivity index (χ0) is 19.4. The summed E-state index contributed by atoms with van der Waals surface area (Å²) in [5.41, 5.74) is 0.413. The largest absolute Gasteiger partial charge is 0.481 e. The van der Waals surface area contributed by atoms with Gasteiger partial charge in [-0.3, -0.25) is 5.32 Å². The summed E-state index contributed by atoms with van der Waals surface area (Å²) in [6, 6.07) is 6.00. The molecule has 4 N–H and O–H groups in total. The molecule has 0 saturated heterocycles. The fourth-order valence-corrected chi connectivity index (χ4v) is 3.18. The highest BCUT2D eigenvalue weighted by molar-refractivity contribution is 7.90. The van der Waals surface area contributed by atoms with Gasteiger partial charge in [-0.05, 0) is 19.1 Å². The Labute approximate surface area is 150 Å². The number of nitrogens with one attached hydrogen (secondary N) is 3. The smallest absolute Gasteiger partial charge is 0.332 e. The number of allylic oxidation sites excluding steroid dienone is 1. The van der Waals surface area contributed by atoms with Crippen molar-refractivity contribution >= 4 is 22.0 Å². The van der Waals surface area contributed by atoms with E-state index in [0.717, 1.165) is 0 Å². The Morgan fingerprint density at radius 2 is 2.08 bits per heavy atom. The summed E-state index contributed by atoms with van der Waals surface area (Å²) in [4.78, 5) is 16.0. The number of sulfonamides is 1. The number of halogens is 1. The number of ether oxygens (including phenoxy) is 1. The maximum absolute atomic E-state index is 13.1. The van der Waals surface area contributed by atoms with E-state index in [4.69, 9.17) is 4.74 Å². The van der Waals surface area contributed by atoms with E-state index in [1.807, 2.05) is 0 Å². The lowest BCUT2D eigenvalue weighted by Gasteiger charge is -2.37. The lowest BCUT2D eigenvalue weighted by molar-refractivity contribution is 0.0327. The molecule has 2 rings (SSSR count). The summed E-state index contributed by atoms with van der Waals surface area (Å²) in [5, 5.41) is 14.8. The molecule has 0 bridgehead atoms. The van der Waals surface area contributed by atoms with E-state index in [1.165, 1.54) is 37.5 Å². The molecule has 2 atom stereocenters. The fourth-order valence-electron chi connectivity index (χ4n) is 2.25. The van der Waals surface area contributed by atoms with Gasteiger partial charge in [0.2, 0.25) is 11.7 Å². The Bertz CT molecular complexity index is 828. The third-order valence-corrected chi connectivity index (χ3v) is 4.78. The van der Waals surface area contributed by atoms with E-state index in [2.05, 4.69) is 15.6 Å². The molecule has 0 spiro atoms. The normalized spacial score (nSPS) is 20.9. The van der Waals surface area contributed by atoms with Crippen LogP contribution in [0.5, 0.6) is 0 Å². The second-order valence-corrected chi connectivity index (χ2v) is 7.10. The van der Waals surface area contributed by atoms with Gasteiger partial charge >= 0.3 is 6.03 Å². The molecule has 1 aromatic carbocycles. The second-order valence-electron chi connectivity index (χ2n) is 5.42. The standard InChI is InChI=1S/C15H19FN4O5S/c1-10-8-13(25-2)18-15(17-10,12(21)9-16)19-14(22)20-26(23,24)11-6-4-3-5-7-11/h3-8,12,17,21H,9H2,1-2H3,(H2,19,20,22). The molecule has 2 amide bonds. The first-order valence-corrected chi connectivity index (χ1v) is 8.95. The van der Waals surface area contributed by atoms with Gasteiger partial charge in [0.25, 0.3) is 10.0 Å². The molecule has 0 saturated carbocycles. The van der Waals surface area contributed by atoms with Crippen molar-refractivity contribution < 1.29 is 27.4 Å². The first-order chi connectivity index (χ1) is 12.2. The van der Waals surface area contributed by atoms with Crippen LogP contribution in [0.4, 0.5) is 9.18 Å². The van der Waals surface area contributed by atoms with Crippen LogP contribution in [0, 0.1) is 0 Å². The Balaban J connectivity index is 2.26. The van der Waals surface area contributed by atoms with Crippen molar-refractivity contribution in [2.45, 2.75) is 23.7 Å². The molecule has 1 aliphatic heterocycles. The van der Waals surface area contributed by atoms with Crippen LogP contribution in [0.25, 0.3) is 0 Å². The number of aliphatic hydroxyl groups is 1. The van der Waals surface area contributed by atoms with Crippen LogP contribution in [0.2, 0.25) is 0 Å². The number of carbonyl (C=O) groups is 1. The summed E-state index contributed by atoms with van der Waals surface area (Å²) in [6.45, 7) is 0.320. The SMILES string of the molecule is COC1=NC(NC(=O)NS(=O)(=O)c2ccccc2)(C(O)CF)NC(C)=C1. The molecule has 11 heteroatoms. The molecule has 0 radical (unpaired) electrons. The van der Waals surface area contributed by atoms with Crippen LogP contribution >= 0.6 is 0 Å². The number of hydrogen-bond donors (Lipinski definition) is 4. The van der Waals surface area contributed by atoms with Crippen LogP contribution < -0.4 is 15.4 Å². The van der Waals surface area contributed by atoms with Gasteiger partial charge in [-0.2, -0.15) is 4.99 Å². The van der Waals surface area contributed by atoms with Gasteiger partial charge in [0.1, 0.15) is 12.8 Å². The van der Waals surface area contributed by atoms with Gasteiger partial charge in [0.05, 0.1) is 12.0 Å². The number of hydrogen-bond acceptors (Lipinski definition) is 7. The second kappa shape index (κ2) is 7.70. The average molecular weight is 386 g/mol. The number of aliphatic hydroxyl groups excluding tert-OH is 1. The number of rotatable bonds is 5. The van der Waals surface area contributed by atoms with Gasteiger partial charge in [-0.15, -0.1) is 0 Å². The zero-order valence-corrected chi connectivity index (χ0v) is 14.9. The lowest BCUT2D eigenvalue weighted by Crippen LogP contribution is -2.67. The Kier molecular flexibility index (Phi) is 5.83. The molecule has 2 unspecified atom stereocenters. The maximum Gasteiger partial charge on any atom is 0.332 e. The molecular weight excluding hydrogens is 367 g/mol. The van der Waals surface area contributed by atoms with Gasteiger partial charge in [-0.1, -0.05) is 18.2 Å². The number of carbonyl (C=O) groups excluding carboxylic acids is 1. The molecule has 9 nitrogen and oxygen atoms in total. The lowest BCUT2D eigenvalue weighted by atomic mass is 10.1. The predicted octanol–water partition coefficient (Wildman–Crippen LogP) is 0.211. The van der Waals surface area contributed by atoms with Crippen LogP contribution in [-0.2, 0) is 14.8 Å². The molecule has 0 fully saturated rings. The third-order valence-electron chi connectivity index (χ3n) is 3.44. The maximum atomic E-state index is 13.1. The van der Waals surface area contributed by atoms with E-state index in [1.54, 1.807) is 17.7 Å². The van der Waals surface area contributed by atoms with Crippen molar-refractivity contribution in [3.63, 3.8) is 0 Å². The average Bonchev–Trinajstić information content (AvgIpc) is 2.60. The topological polar surface area (TPSA) is 129 Å². The number of amides is 2. The molecular formula is C15H19FN4O5S. The van der Waals surface area contributed by atoms with Crippen LogP contribution in [-0.4, -0.2) is 51.1 Å². The highest BCUT2D eigenvalue weighted by Crippen LogP contribution is 2.18. The van der Waals surface area contributed by atoms with Gasteiger partial charge in [0, 0.05) is 11.8 Å².